The lowest BCUT2D eigenvalue weighted by Crippen LogP contribution is -2.35. The first-order chi connectivity index (χ1) is 5.12. The molecule has 2 nitrogen and oxygen atoms in total. The van der Waals surface area contributed by atoms with E-state index in [9.17, 15) is 0 Å². The zero-order valence-electron chi connectivity index (χ0n) is 7.72. The van der Waals surface area contributed by atoms with Crippen LogP contribution in [0.1, 0.15) is 27.2 Å². The molecule has 1 rings (SSSR count). The van der Waals surface area contributed by atoms with Gasteiger partial charge in [0.2, 0.25) is 0 Å². The summed E-state index contributed by atoms with van der Waals surface area (Å²) in [5, 5.41) is 0. The van der Waals surface area contributed by atoms with E-state index in [1.165, 1.54) is 6.42 Å². The molecule has 0 aromatic carbocycles. The van der Waals surface area contributed by atoms with Crippen LogP contribution in [-0.2, 0) is 9.47 Å². The lowest BCUT2D eigenvalue weighted by molar-refractivity contribution is -0.163. The summed E-state index contributed by atoms with van der Waals surface area (Å²) in [6.07, 6.45) is 1.19. The second-order valence-corrected chi connectivity index (χ2v) is 4.22. The molecular weight excluding hydrogens is 140 g/mol. The van der Waals surface area contributed by atoms with Gasteiger partial charge in [-0.25, -0.2) is 0 Å². The summed E-state index contributed by atoms with van der Waals surface area (Å²) in [6, 6.07) is 0. The van der Waals surface area contributed by atoms with Gasteiger partial charge in [-0.1, -0.05) is 20.8 Å². The van der Waals surface area contributed by atoms with Crippen molar-refractivity contribution in [3.8, 4) is 0 Å². The third-order valence-corrected chi connectivity index (χ3v) is 1.97. The maximum absolute atomic E-state index is 5.26. The Hall–Kier alpha value is -0.0800. The molecule has 0 N–H and O–H groups in total. The van der Waals surface area contributed by atoms with Gasteiger partial charge in [0.1, 0.15) is 6.79 Å². The minimum atomic E-state index is 0.256. The Morgan fingerprint density at radius 3 is 2.27 bits per heavy atom. The SMILES string of the molecule is CC(C)CC1(C)COCOC1. The highest BCUT2D eigenvalue weighted by Gasteiger charge is 2.28. The third-order valence-electron chi connectivity index (χ3n) is 1.97. The van der Waals surface area contributed by atoms with Crippen molar-refractivity contribution in [2.75, 3.05) is 20.0 Å². The maximum atomic E-state index is 5.26. The van der Waals surface area contributed by atoms with Gasteiger partial charge in [0.25, 0.3) is 0 Å². The number of rotatable bonds is 2. The van der Waals surface area contributed by atoms with Gasteiger partial charge in [-0.2, -0.15) is 0 Å². The molecule has 11 heavy (non-hydrogen) atoms. The van der Waals surface area contributed by atoms with E-state index in [1.807, 2.05) is 0 Å². The van der Waals surface area contributed by atoms with Crippen molar-refractivity contribution >= 4 is 0 Å². The largest absolute Gasteiger partial charge is 0.355 e. The van der Waals surface area contributed by atoms with E-state index in [0.717, 1.165) is 19.1 Å². The minimum absolute atomic E-state index is 0.256. The second kappa shape index (κ2) is 3.55. The normalized spacial score (nSPS) is 24.0. The molecule has 0 aromatic heterocycles. The molecule has 1 heterocycles. The quantitative estimate of drug-likeness (QED) is 0.612. The van der Waals surface area contributed by atoms with E-state index in [2.05, 4.69) is 20.8 Å². The van der Waals surface area contributed by atoms with Gasteiger partial charge in [0.05, 0.1) is 13.2 Å². The molecule has 1 aliphatic rings. The summed E-state index contributed by atoms with van der Waals surface area (Å²) in [5.41, 5.74) is 0.256. The lowest BCUT2D eigenvalue weighted by atomic mass is 9.83. The Labute approximate surface area is 68.9 Å². The fourth-order valence-electron chi connectivity index (χ4n) is 1.78. The van der Waals surface area contributed by atoms with Crippen LogP contribution in [-0.4, -0.2) is 20.0 Å². The first-order valence-electron chi connectivity index (χ1n) is 4.28. The van der Waals surface area contributed by atoms with Gasteiger partial charge in [-0.15, -0.1) is 0 Å². The minimum Gasteiger partial charge on any atom is -0.355 e. The molecule has 66 valence electrons. The molecule has 0 aliphatic carbocycles. The molecule has 1 fully saturated rings. The van der Waals surface area contributed by atoms with Gasteiger partial charge in [0.15, 0.2) is 0 Å². The van der Waals surface area contributed by atoms with E-state index in [4.69, 9.17) is 9.47 Å². The van der Waals surface area contributed by atoms with E-state index in [1.54, 1.807) is 0 Å². The fraction of sp³-hybridized carbons (Fsp3) is 1.00. The van der Waals surface area contributed by atoms with E-state index in [-0.39, 0.29) is 5.41 Å². The van der Waals surface area contributed by atoms with Crippen molar-refractivity contribution in [1.29, 1.82) is 0 Å². The van der Waals surface area contributed by atoms with E-state index >= 15 is 0 Å². The van der Waals surface area contributed by atoms with Crippen LogP contribution in [0.25, 0.3) is 0 Å². The van der Waals surface area contributed by atoms with Crippen molar-refractivity contribution in [2.45, 2.75) is 27.2 Å². The summed E-state index contributed by atoms with van der Waals surface area (Å²) in [6.45, 7) is 8.88. The predicted molar refractivity (Wildman–Crippen MR) is 44.3 cm³/mol. The molecule has 1 aliphatic heterocycles. The van der Waals surface area contributed by atoms with Crippen LogP contribution in [0.5, 0.6) is 0 Å². The summed E-state index contributed by atoms with van der Waals surface area (Å²) < 4.78 is 10.5. The zero-order chi connectivity index (χ0) is 8.32. The molecule has 0 unspecified atom stereocenters. The lowest BCUT2D eigenvalue weighted by Gasteiger charge is -2.34. The van der Waals surface area contributed by atoms with Crippen LogP contribution >= 0.6 is 0 Å². The van der Waals surface area contributed by atoms with Crippen molar-refractivity contribution in [2.24, 2.45) is 11.3 Å². The van der Waals surface area contributed by atoms with E-state index in [0.29, 0.717) is 6.79 Å². The second-order valence-electron chi connectivity index (χ2n) is 4.22. The van der Waals surface area contributed by atoms with Crippen molar-refractivity contribution < 1.29 is 9.47 Å². The Balaban J connectivity index is 2.37. The predicted octanol–water partition coefficient (Wildman–Crippen LogP) is 2.04. The van der Waals surface area contributed by atoms with Gasteiger partial charge >= 0.3 is 0 Å². The van der Waals surface area contributed by atoms with Gasteiger partial charge in [-0.05, 0) is 12.3 Å². The maximum Gasteiger partial charge on any atom is 0.146 e. The highest BCUT2D eigenvalue weighted by molar-refractivity contribution is 4.76. The third kappa shape index (κ3) is 2.80. The molecule has 0 atom stereocenters. The number of ether oxygens (including phenoxy) is 2. The monoisotopic (exact) mass is 158 g/mol. The van der Waals surface area contributed by atoms with Crippen LogP contribution in [0.15, 0.2) is 0 Å². The molecule has 0 amide bonds. The summed E-state index contributed by atoms with van der Waals surface area (Å²) in [5.74, 6) is 0.727. The Morgan fingerprint density at radius 1 is 1.27 bits per heavy atom. The van der Waals surface area contributed by atoms with Crippen molar-refractivity contribution in [3.63, 3.8) is 0 Å². The van der Waals surface area contributed by atoms with Crippen LogP contribution in [0.4, 0.5) is 0 Å². The molecule has 0 spiro atoms. The van der Waals surface area contributed by atoms with Gasteiger partial charge < -0.3 is 9.47 Å². The van der Waals surface area contributed by atoms with Crippen molar-refractivity contribution in [1.82, 2.24) is 0 Å². The molecular formula is C9H18O2. The van der Waals surface area contributed by atoms with E-state index < -0.39 is 0 Å². The fourth-order valence-corrected chi connectivity index (χ4v) is 1.78. The van der Waals surface area contributed by atoms with Gasteiger partial charge in [-0.3, -0.25) is 0 Å². The standard InChI is InChI=1S/C9H18O2/c1-8(2)4-9(3)5-10-7-11-6-9/h8H,4-7H2,1-3H3. The molecule has 2 heteroatoms. The smallest absolute Gasteiger partial charge is 0.146 e. The van der Waals surface area contributed by atoms with Crippen LogP contribution in [0.3, 0.4) is 0 Å². The number of hydrogen-bond acceptors (Lipinski definition) is 2. The molecule has 0 saturated carbocycles. The Bertz CT molecular complexity index is 115. The first kappa shape index (κ1) is 9.01. The highest BCUT2D eigenvalue weighted by atomic mass is 16.7. The van der Waals surface area contributed by atoms with Crippen LogP contribution < -0.4 is 0 Å². The molecule has 0 aromatic rings. The highest BCUT2D eigenvalue weighted by Crippen LogP contribution is 2.28. The first-order valence-corrected chi connectivity index (χ1v) is 4.28. The summed E-state index contributed by atoms with van der Waals surface area (Å²) >= 11 is 0. The van der Waals surface area contributed by atoms with Crippen LogP contribution in [0, 0.1) is 11.3 Å². The van der Waals surface area contributed by atoms with Gasteiger partial charge in [0, 0.05) is 5.41 Å². The summed E-state index contributed by atoms with van der Waals surface area (Å²) in [4.78, 5) is 0. The zero-order valence-corrected chi connectivity index (χ0v) is 7.72. The average Bonchev–Trinajstić information content (AvgIpc) is 1.85. The average molecular weight is 158 g/mol. The molecule has 0 bridgehead atoms. The van der Waals surface area contributed by atoms with Crippen LogP contribution in [0.2, 0.25) is 0 Å². The van der Waals surface area contributed by atoms with Crippen molar-refractivity contribution in [3.05, 3.63) is 0 Å². The summed E-state index contributed by atoms with van der Waals surface area (Å²) in [7, 11) is 0. The Kier molecular flexibility index (Phi) is 2.90. The molecule has 1 saturated heterocycles. The topological polar surface area (TPSA) is 18.5 Å². The molecule has 0 radical (unpaired) electrons. The number of hydrogen-bond donors (Lipinski definition) is 0. The Morgan fingerprint density at radius 2 is 1.82 bits per heavy atom.